The largest absolute Gasteiger partial charge is 0.460 e. The maximum absolute atomic E-state index is 5.96. The number of imidazole rings is 1. The van der Waals surface area contributed by atoms with Gasteiger partial charge >= 0.3 is 0 Å². The lowest BCUT2D eigenvalue weighted by atomic mass is 10.3. The predicted molar refractivity (Wildman–Crippen MR) is 125 cm³/mol. The molecule has 0 atom stereocenters. The second kappa shape index (κ2) is 8.64. The van der Waals surface area contributed by atoms with Crippen LogP contribution in [0.3, 0.4) is 0 Å². The number of fused-ring (bicyclic) bond motifs is 1. The zero-order chi connectivity index (χ0) is 22.0. The van der Waals surface area contributed by atoms with E-state index in [0.717, 1.165) is 47.0 Å². The second-order valence-corrected chi connectivity index (χ2v) is 14.6. The molecular weight excluding hydrogens is 406 g/mol. The molecule has 4 aromatic rings. The molecule has 31 heavy (non-hydrogen) atoms. The molecule has 4 aromatic heterocycles. The summed E-state index contributed by atoms with van der Waals surface area (Å²) in [4.78, 5) is 9.33. The van der Waals surface area contributed by atoms with Gasteiger partial charge in [0.1, 0.15) is 24.0 Å². The van der Waals surface area contributed by atoms with Crippen LogP contribution in [-0.2, 0) is 11.5 Å². The summed E-state index contributed by atoms with van der Waals surface area (Å²) < 4.78 is 15.6. The summed E-state index contributed by atoms with van der Waals surface area (Å²) in [6.07, 6.45) is 5.77. The van der Waals surface area contributed by atoms with Crippen molar-refractivity contribution >= 4 is 25.9 Å². The molecule has 0 saturated carbocycles. The highest BCUT2D eigenvalue weighted by molar-refractivity contribution is 6.76. The molecule has 0 N–H and O–H groups in total. The highest BCUT2D eigenvalue weighted by Gasteiger charge is 2.14. The number of aromatic nitrogens is 5. The first-order chi connectivity index (χ1) is 14.8. The smallest absolute Gasteiger partial charge is 0.175 e. The van der Waals surface area contributed by atoms with Crippen LogP contribution in [0.5, 0.6) is 0 Å². The Hall–Kier alpha value is -2.97. The number of hydrogen-bond acceptors (Lipinski definition) is 5. The van der Waals surface area contributed by atoms with Crippen molar-refractivity contribution in [1.29, 1.82) is 0 Å². The van der Waals surface area contributed by atoms with Crippen LogP contribution >= 0.6 is 0 Å². The Morgan fingerprint density at radius 1 is 1.06 bits per heavy atom. The van der Waals surface area contributed by atoms with Gasteiger partial charge in [-0.3, -0.25) is 0 Å². The molecule has 4 rings (SSSR count). The highest BCUT2D eigenvalue weighted by Crippen LogP contribution is 2.22. The Morgan fingerprint density at radius 2 is 1.90 bits per heavy atom. The van der Waals surface area contributed by atoms with Crippen molar-refractivity contribution in [2.45, 2.75) is 46.3 Å². The lowest BCUT2D eigenvalue weighted by Gasteiger charge is -2.15. The average Bonchev–Trinajstić information content (AvgIpc) is 3.41. The number of pyridine rings is 1. The molecule has 0 radical (unpaired) electrons. The normalized spacial score (nSPS) is 12.4. The minimum absolute atomic E-state index is 0.439. The number of ether oxygens (including phenoxy) is 1. The van der Waals surface area contributed by atoms with Crippen molar-refractivity contribution in [2.75, 3.05) is 6.61 Å². The minimum atomic E-state index is -1.13. The van der Waals surface area contributed by atoms with E-state index >= 15 is 0 Å². The van der Waals surface area contributed by atoms with Gasteiger partial charge in [-0.15, -0.1) is 5.10 Å². The third-order valence-electron chi connectivity index (χ3n) is 4.97. The molecule has 4 heterocycles. The molecule has 0 aliphatic carbocycles. The molecule has 0 unspecified atom stereocenters. The van der Waals surface area contributed by atoms with E-state index in [1.54, 1.807) is 0 Å². The van der Waals surface area contributed by atoms with E-state index in [-0.39, 0.29) is 0 Å². The van der Waals surface area contributed by atoms with Gasteiger partial charge in [0.15, 0.2) is 17.2 Å². The molecule has 0 fully saturated rings. The molecule has 0 aliphatic rings. The molecular formula is C23H29N5O2Si. The minimum Gasteiger partial charge on any atom is -0.460 e. The number of rotatable bonds is 8. The topological polar surface area (TPSA) is 70.4 Å². The van der Waals surface area contributed by atoms with Crippen LogP contribution < -0.4 is 0 Å². The van der Waals surface area contributed by atoms with Crippen molar-refractivity contribution in [2.24, 2.45) is 0 Å². The van der Waals surface area contributed by atoms with Crippen LogP contribution in [0, 0.1) is 13.8 Å². The first kappa shape index (κ1) is 21.3. The van der Waals surface area contributed by atoms with Crippen molar-refractivity contribution < 1.29 is 9.15 Å². The zero-order valence-corrected chi connectivity index (χ0v) is 19.8. The Balaban J connectivity index is 1.58. The molecule has 0 bridgehead atoms. The van der Waals surface area contributed by atoms with E-state index in [0.29, 0.717) is 12.6 Å². The third-order valence-corrected chi connectivity index (χ3v) is 6.68. The van der Waals surface area contributed by atoms with Gasteiger partial charge in [-0.1, -0.05) is 25.7 Å². The first-order valence-electron chi connectivity index (χ1n) is 10.5. The molecule has 0 spiro atoms. The maximum Gasteiger partial charge on any atom is 0.175 e. The quantitative estimate of drug-likeness (QED) is 0.278. The standard InChI is InChI=1S/C23H29N5O2Si/c1-17-7-6-8-23-25-21(26-28(17)23)11-12-22-24-19(20-10-9-18(2)30-20)15-27(22)16-29-13-14-31(3,4)5/h6-12,15H,13-14,16H2,1-5H3. The zero-order valence-electron chi connectivity index (χ0n) is 18.8. The summed E-state index contributed by atoms with van der Waals surface area (Å²) in [5.74, 6) is 3.01. The van der Waals surface area contributed by atoms with E-state index in [1.807, 2.05) is 71.6 Å². The maximum atomic E-state index is 5.96. The molecule has 0 aliphatic heterocycles. The monoisotopic (exact) mass is 435 g/mol. The molecule has 162 valence electrons. The summed E-state index contributed by atoms with van der Waals surface area (Å²) in [5.41, 5.74) is 2.64. The first-order valence-corrected chi connectivity index (χ1v) is 14.2. The lowest BCUT2D eigenvalue weighted by Crippen LogP contribution is -2.22. The van der Waals surface area contributed by atoms with Crippen molar-refractivity contribution in [3.05, 3.63) is 59.6 Å². The van der Waals surface area contributed by atoms with Gasteiger partial charge in [-0.25, -0.2) is 14.5 Å². The van der Waals surface area contributed by atoms with Gasteiger partial charge in [-0.2, -0.15) is 0 Å². The Labute approximate surface area is 183 Å². The van der Waals surface area contributed by atoms with E-state index in [9.17, 15) is 0 Å². The predicted octanol–water partition coefficient (Wildman–Crippen LogP) is 5.29. The Kier molecular flexibility index (Phi) is 5.93. The fraction of sp³-hybridized carbons (Fsp3) is 0.348. The average molecular weight is 436 g/mol. The number of nitrogens with zero attached hydrogens (tertiary/aromatic N) is 5. The van der Waals surface area contributed by atoms with E-state index in [1.165, 1.54) is 0 Å². The lowest BCUT2D eigenvalue weighted by molar-refractivity contribution is 0.0867. The van der Waals surface area contributed by atoms with Crippen LogP contribution in [0.25, 0.3) is 29.3 Å². The van der Waals surface area contributed by atoms with Crippen LogP contribution in [0.2, 0.25) is 25.7 Å². The molecule has 8 heteroatoms. The summed E-state index contributed by atoms with van der Waals surface area (Å²) in [5, 5.41) is 4.56. The molecule has 7 nitrogen and oxygen atoms in total. The van der Waals surface area contributed by atoms with Crippen LogP contribution in [0.1, 0.15) is 23.1 Å². The highest BCUT2D eigenvalue weighted by atomic mass is 28.3. The fourth-order valence-corrected chi connectivity index (χ4v) is 3.93. The Morgan fingerprint density at radius 3 is 2.61 bits per heavy atom. The van der Waals surface area contributed by atoms with Gasteiger partial charge in [0.05, 0.1) is 0 Å². The van der Waals surface area contributed by atoms with Gasteiger partial charge in [-0.05, 0) is 56.3 Å². The molecule has 0 saturated heterocycles. The molecule has 0 amide bonds. The summed E-state index contributed by atoms with van der Waals surface area (Å²) in [7, 11) is -1.13. The number of furan rings is 1. The van der Waals surface area contributed by atoms with Gasteiger partial charge in [0.25, 0.3) is 0 Å². The van der Waals surface area contributed by atoms with Crippen molar-refractivity contribution in [3.63, 3.8) is 0 Å². The third kappa shape index (κ3) is 5.21. The number of aryl methyl sites for hydroxylation is 2. The summed E-state index contributed by atoms with van der Waals surface area (Å²) in [6, 6.07) is 10.9. The van der Waals surface area contributed by atoms with Gasteiger partial charge in [0, 0.05) is 26.6 Å². The SMILES string of the molecule is Cc1ccc(-c2cn(COCC[Si](C)(C)C)c(C=Cc3nc4cccc(C)n4n3)n2)o1. The van der Waals surface area contributed by atoms with Crippen LogP contribution in [-0.4, -0.2) is 38.8 Å². The summed E-state index contributed by atoms with van der Waals surface area (Å²) in [6.45, 7) is 12.2. The second-order valence-electron chi connectivity index (χ2n) is 8.95. The van der Waals surface area contributed by atoms with Crippen LogP contribution in [0.15, 0.2) is 40.9 Å². The van der Waals surface area contributed by atoms with Gasteiger partial charge < -0.3 is 13.7 Å². The van der Waals surface area contributed by atoms with Crippen molar-refractivity contribution in [3.8, 4) is 11.5 Å². The van der Waals surface area contributed by atoms with E-state index in [4.69, 9.17) is 14.1 Å². The fourth-order valence-electron chi connectivity index (χ4n) is 3.17. The van der Waals surface area contributed by atoms with E-state index < -0.39 is 8.07 Å². The Bertz CT molecular complexity index is 1210. The van der Waals surface area contributed by atoms with Crippen LogP contribution in [0.4, 0.5) is 0 Å². The molecule has 0 aromatic carbocycles. The van der Waals surface area contributed by atoms with E-state index in [2.05, 4.69) is 29.7 Å². The number of hydrogen-bond donors (Lipinski definition) is 0. The van der Waals surface area contributed by atoms with Gasteiger partial charge in [0.2, 0.25) is 0 Å². The summed E-state index contributed by atoms with van der Waals surface area (Å²) >= 11 is 0. The van der Waals surface area contributed by atoms with Crippen molar-refractivity contribution in [1.82, 2.24) is 24.1 Å².